The average Bonchev–Trinajstić information content (AvgIpc) is 2.14. The summed E-state index contributed by atoms with van der Waals surface area (Å²) < 4.78 is 5.61. The van der Waals surface area contributed by atoms with Crippen molar-refractivity contribution >= 4 is 16.8 Å². The molecule has 1 rings (SSSR count). The van der Waals surface area contributed by atoms with Crippen LogP contribution in [0.5, 0.6) is 0 Å². The molecule has 1 fully saturated rings. The zero-order valence-corrected chi connectivity index (χ0v) is 10.6. The lowest BCUT2D eigenvalue weighted by atomic mass is 9.75. The highest BCUT2D eigenvalue weighted by Crippen LogP contribution is 2.35. The first-order valence-corrected chi connectivity index (χ1v) is 6.18. The Hall–Kier alpha value is -0.0800. The van der Waals surface area contributed by atoms with Crippen LogP contribution in [0.3, 0.4) is 0 Å². The molecule has 3 atom stereocenters. The number of carbonyl (C=O) groups is 1. The molecule has 1 aliphatic rings. The largest absolute Gasteiger partial charge is 0.369 e. The summed E-state index contributed by atoms with van der Waals surface area (Å²) in [4.78, 5) is 10.7. The van der Waals surface area contributed by atoms with Crippen molar-refractivity contribution in [3.8, 4) is 0 Å². The van der Waals surface area contributed by atoms with Crippen molar-refractivity contribution < 1.29 is 9.53 Å². The molecule has 1 aliphatic carbocycles. The molecule has 3 heteroatoms. The van der Waals surface area contributed by atoms with E-state index in [2.05, 4.69) is 20.8 Å². The number of ether oxygens (including phenoxy) is 1. The van der Waals surface area contributed by atoms with Gasteiger partial charge in [-0.2, -0.15) is 0 Å². The fraction of sp³-hybridized carbons (Fsp3) is 0.917. The molecule has 0 unspecified atom stereocenters. The standard InChI is InChI=1S/C12H21ClO2/c1-8(2)10-5-4-9(3)6-11(10)15-7-12(13)14/h8-11H,4-7H2,1-3H3/t9-,10-,11-/m1/s1. The van der Waals surface area contributed by atoms with Crippen molar-refractivity contribution in [1.29, 1.82) is 0 Å². The predicted molar refractivity (Wildman–Crippen MR) is 61.9 cm³/mol. The second-order valence-electron chi connectivity index (χ2n) is 5.03. The molecule has 0 aromatic heterocycles. The third kappa shape index (κ3) is 4.12. The third-order valence-corrected chi connectivity index (χ3v) is 3.48. The van der Waals surface area contributed by atoms with Gasteiger partial charge >= 0.3 is 0 Å². The van der Waals surface area contributed by atoms with Crippen LogP contribution in [0.4, 0.5) is 0 Å². The second kappa shape index (κ2) is 5.86. The zero-order valence-electron chi connectivity index (χ0n) is 9.83. The summed E-state index contributed by atoms with van der Waals surface area (Å²) in [5.41, 5.74) is 0. The number of rotatable bonds is 4. The fourth-order valence-electron chi connectivity index (χ4n) is 2.48. The van der Waals surface area contributed by atoms with Crippen LogP contribution in [-0.2, 0) is 9.53 Å². The Morgan fingerprint density at radius 2 is 2.13 bits per heavy atom. The Morgan fingerprint density at radius 1 is 1.47 bits per heavy atom. The summed E-state index contributed by atoms with van der Waals surface area (Å²) >= 11 is 5.30. The van der Waals surface area contributed by atoms with Crippen LogP contribution in [0.1, 0.15) is 40.0 Å². The third-order valence-electron chi connectivity index (χ3n) is 3.37. The molecular weight excluding hydrogens is 212 g/mol. The Morgan fingerprint density at radius 3 is 2.67 bits per heavy atom. The summed E-state index contributed by atoms with van der Waals surface area (Å²) in [6.45, 7) is 6.75. The van der Waals surface area contributed by atoms with E-state index >= 15 is 0 Å². The number of carbonyl (C=O) groups excluding carboxylic acids is 1. The van der Waals surface area contributed by atoms with E-state index in [-0.39, 0.29) is 12.7 Å². The van der Waals surface area contributed by atoms with Crippen LogP contribution >= 0.6 is 11.6 Å². The summed E-state index contributed by atoms with van der Waals surface area (Å²) in [6.07, 6.45) is 3.77. The molecule has 0 radical (unpaired) electrons. The maximum absolute atomic E-state index is 10.7. The Bertz CT molecular complexity index is 216. The molecule has 0 saturated heterocycles. The van der Waals surface area contributed by atoms with Crippen LogP contribution < -0.4 is 0 Å². The van der Waals surface area contributed by atoms with Gasteiger partial charge < -0.3 is 4.74 Å². The van der Waals surface area contributed by atoms with Crippen molar-refractivity contribution in [2.75, 3.05) is 6.61 Å². The van der Waals surface area contributed by atoms with E-state index in [1.165, 1.54) is 12.8 Å². The van der Waals surface area contributed by atoms with Gasteiger partial charge in [0, 0.05) is 0 Å². The van der Waals surface area contributed by atoms with E-state index in [4.69, 9.17) is 16.3 Å². The van der Waals surface area contributed by atoms with E-state index in [1.54, 1.807) is 0 Å². The highest BCUT2D eigenvalue weighted by molar-refractivity contribution is 6.63. The highest BCUT2D eigenvalue weighted by atomic mass is 35.5. The molecule has 2 nitrogen and oxygen atoms in total. The first-order valence-electron chi connectivity index (χ1n) is 5.80. The molecule has 0 N–H and O–H groups in total. The van der Waals surface area contributed by atoms with Gasteiger partial charge in [-0.25, -0.2) is 0 Å². The van der Waals surface area contributed by atoms with Crippen molar-refractivity contribution in [2.45, 2.75) is 46.1 Å². The summed E-state index contributed by atoms with van der Waals surface area (Å²) in [5.74, 6) is 1.90. The van der Waals surface area contributed by atoms with Gasteiger partial charge in [-0.15, -0.1) is 0 Å². The minimum Gasteiger partial charge on any atom is -0.369 e. The number of halogens is 1. The molecule has 0 aromatic rings. The first-order chi connectivity index (χ1) is 7.00. The Kier molecular flexibility index (Phi) is 5.07. The van der Waals surface area contributed by atoms with Crippen LogP contribution in [-0.4, -0.2) is 18.0 Å². The number of hydrogen-bond acceptors (Lipinski definition) is 2. The predicted octanol–water partition coefficient (Wildman–Crippen LogP) is 3.23. The Balaban J connectivity index is 2.50. The fourth-order valence-corrected chi connectivity index (χ4v) is 2.54. The van der Waals surface area contributed by atoms with Gasteiger partial charge in [0.05, 0.1) is 6.10 Å². The smallest absolute Gasteiger partial charge is 0.247 e. The summed E-state index contributed by atoms with van der Waals surface area (Å²) in [5, 5.41) is -0.393. The quantitative estimate of drug-likeness (QED) is 0.696. The normalized spacial score (nSPS) is 31.9. The van der Waals surface area contributed by atoms with Gasteiger partial charge in [0.15, 0.2) is 0 Å². The van der Waals surface area contributed by atoms with Crippen molar-refractivity contribution in [1.82, 2.24) is 0 Å². The van der Waals surface area contributed by atoms with Gasteiger partial charge in [0.2, 0.25) is 5.24 Å². The first kappa shape index (κ1) is 13.0. The van der Waals surface area contributed by atoms with E-state index in [9.17, 15) is 4.79 Å². The van der Waals surface area contributed by atoms with Gasteiger partial charge in [0.1, 0.15) is 6.61 Å². The van der Waals surface area contributed by atoms with Gasteiger partial charge in [0.25, 0.3) is 0 Å². The van der Waals surface area contributed by atoms with Crippen LogP contribution in [0.15, 0.2) is 0 Å². The summed E-state index contributed by atoms with van der Waals surface area (Å²) in [7, 11) is 0. The maximum Gasteiger partial charge on any atom is 0.247 e. The average molecular weight is 233 g/mol. The molecule has 0 amide bonds. The lowest BCUT2D eigenvalue weighted by Gasteiger charge is -2.36. The molecule has 0 aliphatic heterocycles. The number of hydrogen-bond donors (Lipinski definition) is 0. The minimum absolute atomic E-state index is 0.0577. The van der Waals surface area contributed by atoms with E-state index in [0.717, 1.165) is 6.42 Å². The van der Waals surface area contributed by atoms with Gasteiger partial charge in [-0.3, -0.25) is 4.79 Å². The molecule has 15 heavy (non-hydrogen) atoms. The van der Waals surface area contributed by atoms with Crippen molar-refractivity contribution in [3.63, 3.8) is 0 Å². The topological polar surface area (TPSA) is 26.3 Å². The lowest BCUT2D eigenvalue weighted by Crippen LogP contribution is -2.35. The van der Waals surface area contributed by atoms with Crippen LogP contribution in [0.2, 0.25) is 0 Å². The zero-order chi connectivity index (χ0) is 11.4. The van der Waals surface area contributed by atoms with Crippen LogP contribution in [0, 0.1) is 17.8 Å². The van der Waals surface area contributed by atoms with Crippen LogP contribution in [0.25, 0.3) is 0 Å². The molecule has 0 spiro atoms. The van der Waals surface area contributed by atoms with E-state index < -0.39 is 5.24 Å². The van der Waals surface area contributed by atoms with E-state index in [1.807, 2.05) is 0 Å². The molecule has 0 heterocycles. The van der Waals surface area contributed by atoms with E-state index in [0.29, 0.717) is 17.8 Å². The summed E-state index contributed by atoms with van der Waals surface area (Å²) in [6, 6.07) is 0. The molecule has 0 bridgehead atoms. The van der Waals surface area contributed by atoms with Crippen molar-refractivity contribution in [2.24, 2.45) is 17.8 Å². The van der Waals surface area contributed by atoms with Gasteiger partial charge in [-0.1, -0.05) is 27.2 Å². The van der Waals surface area contributed by atoms with Gasteiger partial charge in [-0.05, 0) is 42.2 Å². The second-order valence-corrected chi connectivity index (χ2v) is 5.45. The highest BCUT2D eigenvalue weighted by Gasteiger charge is 2.31. The Labute approximate surface area is 97.3 Å². The molecular formula is C12H21ClO2. The monoisotopic (exact) mass is 232 g/mol. The molecule has 88 valence electrons. The molecule has 1 saturated carbocycles. The van der Waals surface area contributed by atoms with Crippen molar-refractivity contribution in [3.05, 3.63) is 0 Å². The SMILES string of the molecule is CC(C)[C@H]1CC[C@@H](C)C[C@H]1OCC(=O)Cl. The maximum atomic E-state index is 10.7. The molecule has 0 aromatic carbocycles. The lowest BCUT2D eigenvalue weighted by molar-refractivity contribution is -0.121. The minimum atomic E-state index is -0.393.